The molecule has 130 valence electrons. The molecule has 3 aromatic rings. The van der Waals surface area contributed by atoms with Crippen LogP contribution in [0.1, 0.15) is 30.7 Å². The van der Waals surface area contributed by atoms with Crippen LogP contribution in [-0.4, -0.2) is 31.1 Å². The molecule has 0 unspecified atom stereocenters. The maximum atomic E-state index is 12.3. The molecule has 2 heterocycles. The molecule has 8 nitrogen and oxygen atoms in total. The summed E-state index contributed by atoms with van der Waals surface area (Å²) >= 11 is 1.35. The molecule has 2 aromatic heterocycles. The number of fused-ring (bicyclic) bond motifs is 1. The number of anilines is 1. The molecule has 0 atom stereocenters. The quantitative estimate of drug-likeness (QED) is 0.649. The first-order valence-corrected chi connectivity index (χ1v) is 8.87. The van der Waals surface area contributed by atoms with Crippen molar-refractivity contribution in [3.8, 4) is 0 Å². The zero-order valence-electron chi connectivity index (χ0n) is 13.8. The number of nitrogens with zero attached hydrogens (tertiary/aromatic N) is 5. The summed E-state index contributed by atoms with van der Waals surface area (Å²) in [6.45, 7) is 2.33. The number of benzene rings is 1. The fraction of sp³-hybridized carbons (Fsp3) is 0.375. The second kappa shape index (κ2) is 7.93. The van der Waals surface area contributed by atoms with E-state index in [1.165, 1.54) is 16.0 Å². The van der Waals surface area contributed by atoms with Crippen molar-refractivity contribution in [3.05, 3.63) is 39.6 Å². The first-order valence-electron chi connectivity index (χ1n) is 8.06. The molecule has 0 aliphatic heterocycles. The average Bonchev–Trinajstić information content (AvgIpc) is 3.01. The molecule has 0 saturated carbocycles. The zero-order valence-corrected chi connectivity index (χ0v) is 14.6. The first kappa shape index (κ1) is 17.2. The van der Waals surface area contributed by atoms with Gasteiger partial charge >= 0.3 is 0 Å². The number of hydrogen-bond acceptors (Lipinski definition) is 7. The molecule has 0 saturated heterocycles. The van der Waals surface area contributed by atoms with Crippen molar-refractivity contribution in [3.63, 3.8) is 0 Å². The summed E-state index contributed by atoms with van der Waals surface area (Å²) in [5, 5.41) is 20.4. The Kier molecular flexibility index (Phi) is 5.44. The van der Waals surface area contributed by atoms with Crippen LogP contribution in [0, 0.1) is 6.92 Å². The summed E-state index contributed by atoms with van der Waals surface area (Å²) < 4.78 is 1.38. The molecule has 25 heavy (non-hydrogen) atoms. The van der Waals surface area contributed by atoms with Gasteiger partial charge in [0.1, 0.15) is 10.5 Å². The van der Waals surface area contributed by atoms with Gasteiger partial charge in [0.25, 0.3) is 5.56 Å². The number of carbonyl (C=O) groups excluding carboxylic acids is 1. The van der Waals surface area contributed by atoms with E-state index in [1.807, 2.05) is 19.1 Å². The number of rotatable bonds is 7. The third-order valence-corrected chi connectivity index (χ3v) is 4.43. The highest BCUT2D eigenvalue weighted by molar-refractivity contribution is 7.15. The molecule has 0 fully saturated rings. The molecule has 3 rings (SSSR count). The van der Waals surface area contributed by atoms with Crippen LogP contribution in [0.4, 0.5) is 5.13 Å². The molecular formula is C16H18N6O2S. The Morgan fingerprint density at radius 3 is 2.80 bits per heavy atom. The molecule has 0 aliphatic carbocycles. The second-order valence-corrected chi connectivity index (χ2v) is 6.80. The third-order valence-electron chi connectivity index (χ3n) is 3.68. The molecule has 0 radical (unpaired) electrons. The predicted molar refractivity (Wildman–Crippen MR) is 95.5 cm³/mol. The smallest absolute Gasteiger partial charge is 0.277 e. The van der Waals surface area contributed by atoms with E-state index in [4.69, 9.17) is 0 Å². The molecule has 1 aromatic carbocycles. The lowest BCUT2D eigenvalue weighted by molar-refractivity contribution is -0.116. The Morgan fingerprint density at radius 2 is 2.00 bits per heavy atom. The minimum Gasteiger partial charge on any atom is -0.301 e. The number of carbonyl (C=O) groups is 1. The molecular weight excluding hydrogens is 340 g/mol. The van der Waals surface area contributed by atoms with Crippen LogP contribution in [-0.2, 0) is 11.3 Å². The van der Waals surface area contributed by atoms with Gasteiger partial charge in [-0.25, -0.2) is 4.68 Å². The van der Waals surface area contributed by atoms with Crippen LogP contribution in [0.2, 0.25) is 0 Å². The van der Waals surface area contributed by atoms with Crippen molar-refractivity contribution in [1.82, 2.24) is 25.2 Å². The van der Waals surface area contributed by atoms with Crippen molar-refractivity contribution in [2.24, 2.45) is 0 Å². The highest BCUT2D eigenvalue weighted by atomic mass is 32.1. The lowest BCUT2D eigenvalue weighted by atomic mass is 10.2. The van der Waals surface area contributed by atoms with Gasteiger partial charge in [-0.15, -0.1) is 15.3 Å². The third kappa shape index (κ3) is 4.44. The van der Waals surface area contributed by atoms with Crippen LogP contribution in [0.5, 0.6) is 0 Å². The number of unbranched alkanes of at least 4 members (excludes halogenated alkanes) is 2. The number of hydrogen-bond donors (Lipinski definition) is 1. The molecule has 1 amide bonds. The summed E-state index contributed by atoms with van der Waals surface area (Å²) in [4.78, 5) is 24.1. The normalized spacial score (nSPS) is 10.9. The van der Waals surface area contributed by atoms with E-state index < -0.39 is 0 Å². The van der Waals surface area contributed by atoms with Crippen molar-refractivity contribution in [2.45, 2.75) is 39.2 Å². The molecule has 9 heteroatoms. The van der Waals surface area contributed by atoms with Gasteiger partial charge in [-0.2, -0.15) is 0 Å². The SMILES string of the molecule is Cc1nnc(NC(=O)CCCCCn2nnc3ccccc3c2=O)s1. The maximum Gasteiger partial charge on any atom is 0.277 e. The van der Waals surface area contributed by atoms with Crippen molar-refractivity contribution < 1.29 is 4.79 Å². The number of nitrogens with one attached hydrogen (secondary N) is 1. The highest BCUT2D eigenvalue weighted by Crippen LogP contribution is 2.14. The lowest BCUT2D eigenvalue weighted by Gasteiger charge is -2.05. The average molecular weight is 358 g/mol. The zero-order chi connectivity index (χ0) is 17.6. The minimum absolute atomic E-state index is 0.0705. The van der Waals surface area contributed by atoms with Gasteiger partial charge in [0.15, 0.2) is 0 Å². The summed E-state index contributed by atoms with van der Waals surface area (Å²) in [5.74, 6) is -0.0705. The monoisotopic (exact) mass is 358 g/mol. The molecule has 0 bridgehead atoms. The molecule has 1 N–H and O–H groups in total. The van der Waals surface area contributed by atoms with E-state index in [0.717, 1.165) is 24.3 Å². The predicted octanol–water partition coefficient (Wildman–Crippen LogP) is 2.15. The largest absolute Gasteiger partial charge is 0.301 e. The topological polar surface area (TPSA) is 103 Å². The van der Waals surface area contributed by atoms with E-state index in [-0.39, 0.29) is 11.5 Å². The first-order chi connectivity index (χ1) is 12.1. The van der Waals surface area contributed by atoms with Crippen molar-refractivity contribution >= 4 is 33.3 Å². The number of aromatic nitrogens is 5. The van der Waals surface area contributed by atoms with Crippen molar-refractivity contribution in [1.29, 1.82) is 0 Å². The van der Waals surface area contributed by atoms with E-state index in [2.05, 4.69) is 25.8 Å². The van der Waals surface area contributed by atoms with Crippen LogP contribution in [0.3, 0.4) is 0 Å². The second-order valence-electron chi connectivity index (χ2n) is 5.62. The fourth-order valence-electron chi connectivity index (χ4n) is 2.42. The van der Waals surface area contributed by atoms with E-state index in [0.29, 0.717) is 29.0 Å². The van der Waals surface area contributed by atoms with Crippen LogP contribution in [0.25, 0.3) is 10.9 Å². The molecule has 0 aliphatic rings. The van der Waals surface area contributed by atoms with Gasteiger partial charge in [-0.05, 0) is 31.9 Å². The summed E-state index contributed by atoms with van der Waals surface area (Å²) in [5.41, 5.74) is 0.474. The van der Waals surface area contributed by atoms with Gasteiger partial charge in [0, 0.05) is 13.0 Å². The maximum absolute atomic E-state index is 12.3. The minimum atomic E-state index is -0.130. The standard InChI is InChI=1S/C16H18N6O2S/c1-11-18-20-16(25-11)17-14(23)9-3-2-6-10-22-15(24)12-7-4-5-8-13(12)19-21-22/h4-5,7-8H,2-3,6,9-10H2,1H3,(H,17,20,23). The summed E-state index contributed by atoms with van der Waals surface area (Å²) in [6.07, 6.45) is 2.73. The lowest BCUT2D eigenvalue weighted by Crippen LogP contribution is -2.24. The Morgan fingerprint density at radius 1 is 1.16 bits per heavy atom. The Balaban J connectivity index is 1.43. The Bertz CT molecular complexity index is 936. The molecule has 0 spiro atoms. The van der Waals surface area contributed by atoms with Gasteiger partial charge in [0.05, 0.1) is 5.39 Å². The fourth-order valence-corrected chi connectivity index (χ4v) is 3.03. The van der Waals surface area contributed by atoms with Gasteiger partial charge in [0.2, 0.25) is 11.0 Å². The highest BCUT2D eigenvalue weighted by Gasteiger charge is 2.07. The van der Waals surface area contributed by atoms with Gasteiger partial charge in [-0.1, -0.05) is 35.1 Å². The van der Waals surface area contributed by atoms with Crippen LogP contribution < -0.4 is 10.9 Å². The van der Waals surface area contributed by atoms with E-state index >= 15 is 0 Å². The van der Waals surface area contributed by atoms with Crippen molar-refractivity contribution in [2.75, 3.05) is 5.32 Å². The number of amides is 1. The Labute approximate surface area is 147 Å². The summed E-state index contributed by atoms with van der Waals surface area (Å²) in [6, 6.07) is 7.16. The van der Waals surface area contributed by atoms with Gasteiger partial charge < -0.3 is 5.32 Å². The van der Waals surface area contributed by atoms with Gasteiger partial charge in [-0.3, -0.25) is 9.59 Å². The number of aryl methyl sites for hydroxylation is 2. The van der Waals surface area contributed by atoms with Crippen LogP contribution >= 0.6 is 11.3 Å². The summed E-state index contributed by atoms with van der Waals surface area (Å²) in [7, 11) is 0. The van der Waals surface area contributed by atoms with E-state index in [9.17, 15) is 9.59 Å². The van der Waals surface area contributed by atoms with Crippen LogP contribution in [0.15, 0.2) is 29.1 Å². The Hall–Kier alpha value is -2.68. The van der Waals surface area contributed by atoms with E-state index in [1.54, 1.807) is 12.1 Å².